The molecule has 4 rings (SSSR count). The zero-order valence-electron chi connectivity index (χ0n) is 14.7. The maximum absolute atomic E-state index is 13.0. The van der Waals surface area contributed by atoms with E-state index in [1.54, 1.807) is 12.1 Å². The molecule has 2 aromatic heterocycles. The van der Waals surface area contributed by atoms with Crippen LogP contribution in [0.25, 0.3) is 11.3 Å². The smallest absolute Gasteiger partial charge is 0.236 e. The third kappa shape index (κ3) is 4.19. The number of benzene rings is 1. The number of anilines is 1. The highest BCUT2D eigenvalue weighted by molar-refractivity contribution is 7.99. The van der Waals surface area contributed by atoms with E-state index in [1.807, 2.05) is 5.38 Å². The minimum atomic E-state index is -0.288. The highest BCUT2D eigenvalue weighted by Gasteiger charge is 2.30. The van der Waals surface area contributed by atoms with Gasteiger partial charge in [-0.2, -0.15) is 0 Å². The van der Waals surface area contributed by atoms with Crippen molar-refractivity contribution in [1.29, 1.82) is 0 Å². The molecule has 27 heavy (non-hydrogen) atoms. The summed E-state index contributed by atoms with van der Waals surface area (Å²) in [5.74, 6) is 1.38. The molecular formula is C18H18FN5OS2. The summed E-state index contributed by atoms with van der Waals surface area (Å²) in [6, 6.07) is 6.12. The van der Waals surface area contributed by atoms with Gasteiger partial charge < -0.3 is 9.88 Å². The Morgan fingerprint density at radius 3 is 2.81 bits per heavy atom. The number of hydrogen-bond acceptors (Lipinski definition) is 6. The van der Waals surface area contributed by atoms with Crippen LogP contribution in [0.5, 0.6) is 0 Å². The summed E-state index contributed by atoms with van der Waals surface area (Å²) in [4.78, 5) is 16.7. The molecule has 140 valence electrons. The third-order valence-corrected chi connectivity index (χ3v) is 5.95. The fraction of sp³-hybridized carbons (Fsp3) is 0.333. The lowest BCUT2D eigenvalue weighted by atomic mass is 10.2. The van der Waals surface area contributed by atoms with Crippen LogP contribution < -0.4 is 5.32 Å². The van der Waals surface area contributed by atoms with Crippen molar-refractivity contribution in [1.82, 2.24) is 19.7 Å². The standard InChI is InChI=1S/C18H18FN5OS2/c1-2-24-16(12-3-4-12)22-23-18(24)27-10-15(25)21-17-20-14(9-26-17)11-5-7-13(19)8-6-11/h5-9,12H,2-4,10H2,1H3,(H,20,21,25). The number of halogens is 1. The van der Waals surface area contributed by atoms with E-state index in [0.29, 0.717) is 16.7 Å². The molecule has 1 aromatic carbocycles. The number of rotatable bonds is 7. The van der Waals surface area contributed by atoms with Crippen molar-refractivity contribution in [2.45, 2.75) is 37.4 Å². The van der Waals surface area contributed by atoms with Gasteiger partial charge >= 0.3 is 0 Å². The lowest BCUT2D eigenvalue weighted by molar-refractivity contribution is -0.113. The minimum absolute atomic E-state index is 0.140. The Morgan fingerprint density at radius 1 is 1.33 bits per heavy atom. The topological polar surface area (TPSA) is 72.7 Å². The number of thioether (sulfide) groups is 1. The lowest BCUT2D eigenvalue weighted by Crippen LogP contribution is -2.14. The SMILES string of the molecule is CCn1c(SCC(=O)Nc2nc(-c3ccc(F)cc3)cs2)nnc1C1CC1. The zero-order valence-corrected chi connectivity index (χ0v) is 16.3. The molecule has 1 aliphatic carbocycles. The summed E-state index contributed by atoms with van der Waals surface area (Å²) in [6.45, 7) is 2.86. The highest BCUT2D eigenvalue weighted by atomic mass is 32.2. The summed E-state index contributed by atoms with van der Waals surface area (Å²) in [5, 5.41) is 14.5. The van der Waals surface area contributed by atoms with Gasteiger partial charge in [0.15, 0.2) is 10.3 Å². The Hall–Kier alpha value is -2.26. The molecule has 0 atom stereocenters. The van der Waals surface area contributed by atoms with Crippen LogP contribution in [0.3, 0.4) is 0 Å². The third-order valence-electron chi connectivity index (χ3n) is 4.23. The van der Waals surface area contributed by atoms with Gasteiger partial charge in [0.05, 0.1) is 11.4 Å². The summed E-state index contributed by atoms with van der Waals surface area (Å²) in [7, 11) is 0. The predicted octanol–water partition coefficient (Wildman–Crippen LogP) is 4.17. The molecule has 0 saturated heterocycles. The maximum Gasteiger partial charge on any atom is 0.236 e. The monoisotopic (exact) mass is 403 g/mol. The Bertz CT molecular complexity index is 949. The minimum Gasteiger partial charge on any atom is -0.306 e. The van der Waals surface area contributed by atoms with Crippen LogP contribution in [-0.2, 0) is 11.3 Å². The summed E-state index contributed by atoms with van der Waals surface area (Å²) in [6.07, 6.45) is 2.34. The first-order chi connectivity index (χ1) is 13.1. The van der Waals surface area contributed by atoms with Crippen LogP contribution in [0.2, 0.25) is 0 Å². The van der Waals surface area contributed by atoms with Crippen LogP contribution in [0.1, 0.15) is 31.5 Å². The molecule has 0 bridgehead atoms. The molecule has 1 saturated carbocycles. The van der Waals surface area contributed by atoms with Gasteiger partial charge in [0.1, 0.15) is 11.6 Å². The van der Waals surface area contributed by atoms with Gasteiger partial charge in [-0.3, -0.25) is 4.79 Å². The van der Waals surface area contributed by atoms with E-state index in [4.69, 9.17) is 0 Å². The highest BCUT2D eigenvalue weighted by Crippen LogP contribution is 2.40. The zero-order chi connectivity index (χ0) is 18.8. The summed E-state index contributed by atoms with van der Waals surface area (Å²) < 4.78 is 15.1. The molecule has 2 heterocycles. The predicted molar refractivity (Wildman–Crippen MR) is 105 cm³/mol. The Labute approximate surface area is 164 Å². The van der Waals surface area contributed by atoms with Crippen LogP contribution in [-0.4, -0.2) is 31.4 Å². The number of carbonyl (C=O) groups excluding carboxylic acids is 1. The molecule has 1 aliphatic rings. The molecule has 1 fully saturated rings. The summed E-state index contributed by atoms with van der Waals surface area (Å²) in [5.41, 5.74) is 1.52. The number of aromatic nitrogens is 4. The number of nitrogens with zero attached hydrogens (tertiary/aromatic N) is 4. The van der Waals surface area contributed by atoms with Crippen molar-refractivity contribution in [2.75, 3.05) is 11.1 Å². The van der Waals surface area contributed by atoms with Crippen LogP contribution in [0, 0.1) is 5.82 Å². The molecule has 1 N–H and O–H groups in total. The van der Waals surface area contributed by atoms with Crippen molar-refractivity contribution in [3.05, 3.63) is 41.3 Å². The van der Waals surface area contributed by atoms with Gasteiger partial charge in [-0.1, -0.05) is 11.8 Å². The van der Waals surface area contributed by atoms with E-state index in [0.717, 1.165) is 23.1 Å². The second-order valence-corrected chi connectivity index (χ2v) is 8.04. The first-order valence-electron chi connectivity index (χ1n) is 8.71. The molecule has 6 nitrogen and oxygen atoms in total. The number of thiazole rings is 1. The number of hydrogen-bond donors (Lipinski definition) is 1. The van der Waals surface area contributed by atoms with E-state index in [9.17, 15) is 9.18 Å². The van der Waals surface area contributed by atoms with Gasteiger partial charge in [0.25, 0.3) is 0 Å². The molecule has 0 radical (unpaired) electrons. The average Bonchev–Trinajstić information content (AvgIpc) is 3.26. The molecule has 0 spiro atoms. The van der Waals surface area contributed by atoms with Crippen molar-refractivity contribution in [3.8, 4) is 11.3 Å². The van der Waals surface area contributed by atoms with Crippen LogP contribution in [0.15, 0.2) is 34.8 Å². The molecule has 3 aromatic rings. The molecule has 0 aliphatic heterocycles. The van der Waals surface area contributed by atoms with E-state index in [1.165, 1.54) is 48.1 Å². The molecular weight excluding hydrogens is 385 g/mol. The van der Waals surface area contributed by atoms with Gasteiger partial charge in [-0.25, -0.2) is 9.37 Å². The van der Waals surface area contributed by atoms with Gasteiger partial charge in [0, 0.05) is 23.4 Å². The first kappa shape index (κ1) is 18.1. The van der Waals surface area contributed by atoms with Crippen molar-refractivity contribution in [2.24, 2.45) is 0 Å². The fourth-order valence-corrected chi connectivity index (χ4v) is 4.26. The first-order valence-corrected chi connectivity index (χ1v) is 10.6. The van der Waals surface area contributed by atoms with Gasteiger partial charge in [-0.15, -0.1) is 21.5 Å². The largest absolute Gasteiger partial charge is 0.306 e. The maximum atomic E-state index is 13.0. The Kier molecular flexibility index (Phi) is 5.22. The summed E-state index contributed by atoms with van der Waals surface area (Å²) >= 11 is 2.73. The average molecular weight is 404 g/mol. The Morgan fingerprint density at radius 2 is 2.11 bits per heavy atom. The van der Waals surface area contributed by atoms with Crippen molar-refractivity contribution >= 4 is 34.1 Å². The van der Waals surface area contributed by atoms with E-state index in [-0.39, 0.29) is 17.5 Å². The Balaban J connectivity index is 1.35. The second-order valence-electron chi connectivity index (χ2n) is 6.24. The van der Waals surface area contributed by atoms with Gasteiger partial charge in [0.2, 0.25) is 5.91 Å². The van der Waals surface area contributed by atoms with E-state index < -0.39 is 0 Å². The lowest BCUT2D eigenvalue weighted by Gasteiger charge is -2.06. The van der Waals surface area contributed by atoms with Crippen molar-refractivity contribution < 1.29 is 9.18 Å². The van der Waals surface area contributed by atoms with Crippen LogP contribution in [0.4, 0.5) is 9.52 Å². The molecule has 1 amide bonds. The van der Waals surface area contributed by atoms with Crippen LogP contribution >= 0.6 is 23.1 Å². The van der Waals surface area contributed by atoms with E-state index in [2.05, 4.69) is 32.0 Å². The number of nitrogens with one attached hydrogen (secondary N) is 1. The second kappa shape index (κ2) is 7.77. The number of amides is 1. The van der Waals surface area contributed by atoms with E-state index >= 15 is 0 Å². The normalized spacial score (nSPS) is 13.7. The molecule has 9 heteroatoms. The fourth-order valence-electron chi connectivity index (χ4n) is 2.72. The number of carbonyl (C=O) groups is 1. The van der Waals surface area contributed by atoms with Gasteiger partial charge in [-0.05, 0) is 44.0 Å². The molecule has 0 unspecified atom stereocenters. The van der Waals surface area contributed by atoms with Crippen molar-refractivity contribution in [3.63, 3.8) is 0 Å². The quantitative estimate of drug-likeness (QED) is 0.600.